The molecule has 0 N–H and O–H groups in total. The molecule has 42 heavy (non-hydrogen) atoms. The molecule has 1 aromatic heterocycles. The summed E-state index contributed by atoms with van der Waals surface area (Å²) in [7, 11) is 0. The number of anilines is 3. The van der Waals surface area contributed by atoms with E-state index in [1.54, 1.807) is 0 Å². The zero-order chi connectivity index (χ0) is 27.9. The second-order valence-electron chi connectivity index (χ2n) is 10.6. The van der Waals surface area contributed by atoms with Crippen LogP contribution in [0.1, 0.15) is 0 Å². The molecule has 0 saturated heterocycles. The number of hydrogen-bond donors (Lipinski definition) is 0. The molecule has 0 atom stereocenters. The molecule has 7 aromatic carbocycles. The van der Waals surface area contributed by atoms with Crippen LogP contribution in [0.2, 0.25) is 0 Å². The van der Waals surface area contributed by atoms with Crippen molar-refractivity contribution < 1.29 is 0 Å². The normalized spacial score (nSPS) is 11.3. The fraction of sp³-hybridized carbons (Fsp3) is 0. The van der Waals surface area contributed by atoms with Crippen LogP contribution in [0, 0.1) is 0 Å². The summed E-state index contributed by atoms with van der Waals surface area (Å²) in [5, 5.41) is 5.16. The molecule has 0 radical (unpaired) electrons. The van der Waals surface area contributed by atoms with Crippen molar-refractivity contribution in [2.75, 3.05) is 4.90 Å². The third-order valence-corrected chi connectivity index (χ3v) is 9.26. The zero-order valence-corrected chi connectivity index (χ0v) is 23.8. The molecule has 0 aliphatic carbocycles. The number of fused-ring (bicyclic) bond motifs is 4. The lowest BCUT2D eigenvalue weighted by molar-refractivity contribution is 1.28. The van der Waals surface area contributed by atoms with E-state index in [4.69, 9.17) is 0 Å². The van der Waals surface area contributed by atoms with Crippen LogP contribution >= 0.6 is 11.3 Å². The van der Waals surface area contributed by atoms with E-state index in [2.05, 4.69) is 169 Å². The van der Waals surface area contributed by atoms with Crippen LogP contribution in [0.5, 0.6) is 0 Å². The molecule has 0 aliphatic rings. The predicted molar refractivity (Wildman–Crippen MR) is 182 cm³/mol. The van der Waals surface area contributed by atoms with Crippen LogP contribution in [0.4, 0.5) is 17.1 Å². The highest BCUT2D eigenvalue weighted by molar-refractivity contribution is 7.26. The van der Waals surface area contributed by atoms with Crippen LogP contribution in [-0.2, 0) is 0 Å². The van der Waals surface area contributed by atoms with E-state index >= 15 is 0 Å². The molecule has 0 amide bonds. The standard InChI is InChI=1S/C40H27NS/c1-2-16-31(17-3-1)41(32-18-8-14-29(26-32)35-22-10-13-28-12-4-5-20-34(28)35)33-19-9-15-30(27-33)36-23-11-24-38-37-21-6-7-25-39(37)42-40(36)38/h1-27H. The molecule has 0 fully saturated rings. The van der Waals surface area contributed by atoms with Gasteiger partial charge in [0, 0.05) is 37.2 Å². The third kappa shape index (κ3) is 4.25. The summed E-state index contributed by atoms with van der Waals surface area (Å²) in [5.74, 6) is 0. The largest absolute Gasteiger partial charge is 0.310 e. The maximum atomic E-state index is 2.36. The highest BCUT2D eigenvalue weighted by Crippen LogP contribution is 2.42. The van der Waals surface area contributed by atoms with Crippen molar-refractivity contribution >= 4 is 59.3 Å². The Labute approximate surface area is 249 Å². The number of thiophene rings is 1. The summed E-state index contributed by atoms with van der Waals surface area (Å²) in [4.78, 5) is 2.36. The highest BCUT2D eigenvalue weighted by atomic mass is 32.1. The molecule has 0 saturated carbocycles. The van der Waals surface area contributed by atoms with Gasteiger partial charge in [0.25, 0.3) is 0 Å². The van der Waals surface area contributed by atoms with E-state index in [0.29, 0.717) is 0 Å². The molecule has 8 rings (SSSR count). The van der Waals surface area contributed by atoms with E-state index < -0.39 is 0 Å². The van der Waals surface area contributed by atoms with Crippen LogP contribution in [0.15, 0.2) is 164 Å². The monoisotopic (exact) mass is 553 g/mol. The minimum absolute atomic E-state index is 1.13. The first kappa shape index (κ1) is 24.6. The van der Waals surface area contributed by atoms with Crippen LogP contribution in [0.3, 0.4) is 0 Å². The van der Waals surface area contributed by atoms with Crippen LogP contribution < -0.4 is 4.90 Å². The Hall–Kier alpha value is -5.18. The molecule has 8 aromatic rings. The molecule has 198 valence electrons. The molecule has 2 heteroatoms. The van der Waals surface area contributed by atoms with Crippen molar-refractivity contribution in [2.24, 2.45) is 0 Å². The van der Waals surface area contributed by atoms with Gasteiger partial charge < -0.3 is 4.90 Å². The van der Waals surface area contributed by atoms with Gasteiger partial charge >= 0.3 is 0 Å². The van der Waals surface area contributed by atoms with Gasteiger partial charge in [-0.2, -0.15) is 0 Å². The van der Waals surface area contributed by atoms with Gasteiger partial charge in [-0.15, -0.1) is 11.3 Å². The second kappa shape index (κ2) is 10.3. The first-order chi connectivity index (χ1) is 20.8. The molecule has 1 nitrogen and oxygen atoms in total. The molecule has 1 heterocycles. The summed E-state index contributed by atoms with van der Waals surface area (Å²) < 4.78 is 2.66. The topological polar surface area (TPSA) is 3.24 Å². The first-order valence-corrected chi connectivity index (χ1v) is 15.1. The van der Waals surface area contributed by atoms with Crippen LogP contribution in [0.25, 0.3) is 53.2 Å². The van der Waals surface area contributed by atoms with Gasteiger partial charge in [-0.3, -0.25) is 0 Å². The van der Waals surface area contributed by atoms with Crippen molar-refractivity contribution in [3.8, 4) is 22.3 Å². The van der Waals surface area contributed by atoms with E-state index in [-0.39, 0.29) is 0 Å². The molecular formula is C40H27NS. The van der Waals surface area contributed by atoms with E-state index in [0.717, 1.165) is 17.1 Å². The molecule has 0 aliphatic heterocycles. The van der Waals surface area contributed by atoms with Gasteiger partial charge in [-0.1, -0.05) is 121 Å². The minimum Gasteiger partial charge on any atom is -0.310 e. The number of nitrogens with zero attached hydrogens (tertiary/aromatic N) is 1. The Morgan fingerprint density at radius 2 is 0.929 bits per heavy atom. The number of benzene rings is 7. The SMILES string of the molecule is c1ccc(N(c2cccc(-c3cccc4ccccc34)c2)c2cccc(-c3cccc4c3sc3ccccc34)c2)cc1. The van der Waals surface area contributed by atoms with Gasteiger partial charge in [-0.05, 0) is 75.5 Å². The summed E-state index contributed by atoms with van der Waals surface area (Å²) in [5.41, 5.74) is 8.33. The lowest BCUT2D eigenvalue weighted by Gasteiger charge is -2.26. The van der Waals surface area contributed by atoms with E-state index in [9.17, 15) is 0 Å². The minimum atomic E-state index is 1.13. The number of hydrogen-bond acceptors (Lipinski definition) is 2. The Bertz CT molecular complexity index is 2200. The lowest BCUT2D eigenvalue weighted by Crippen LogP contribution is -2.10. The van der Waals surface area contributed by atoms with Gasteiger partial charge in [0.2, 0.25) is 0 Å². The van der Waals surface area contributed by atoms with E-state index in [1.165, 1.54) is 53.2 Å². The average Bonchev–Trinajstić information content (AvgIpc) is 3.44. The van der Waals surface area contributed by atoms with Crippen molar-refractivity contribution in [1.82, 2.24) is 0 Å². The summed E-state index contributed by atoms with van der Waals surface area (Å²) in [6.07, 6.45) is 0. The van der Waals surface area contributed by atoms with Gasteiger partial charge in [0.05, 0.1) is 0 Å². The second-order valence-corrected chi connectivity index (χ2v) is 11.6. The van der Waals surface area contributed by atoms with Crippen molar-refractivity contribution in [3.63, 3.8) is 0 Å². The highest BCUT2D eigenvalue weighted by Gasteiger charge is 2.16. The van der Waals surface area contributed by atoms with Gasteiger partial charge in [0.15, 0.2) is 0 Å². The number of para-hydroxylation sites is 1. The lowest BCUT2D eigenvalue weighted by atomic mass is 9.97. The summed E-state index contributed by atoms with van der Waals surface area (Å²) in [6.45, 7) is 0. The van der Waals surface area contributed by atoms with Gasteiger partial charge in [0.1, 0.15) is 0 Å². The maximum absolute atomic E-state index is 2.36. The molecular weight excluding hydrogens is 527 g/mol. The summed E-state index contributed by atoms with van der Waals surface area (Å²) in [6, 6.07) is 59.1. The van der Waals surface area contributed by atoms with E-state index in [1.807, 2.05) is 11.3 Å². The predicted octanol–water partition coefficient (Wildman–Crippen LogP) is 12.0. The third-order valence-electron chi connectivity index (χ3n) is 8.04. The maximum Gasteiger partial charge on any atom is 0.0467 e. The Kier molecular flexibility index (Phi) is 6.05. The Balaban J connectivity index is 1.29. The summed E-state index contributed by atoms with van der Waals surface area (Å²) >= 11 is 1.88. The van der Waals surface area contributed by atoms with Crippen molar-refractivity contribution in [3.05, 3.63) is 164 Å². The van der Waals surface area contributed by atoms with Crippen molar-refractivity contribution in [2.45, 2.75) is 0 Å². The zero-order valence-electron chi connectivity index (χ0n) is 22.9. The quantitative estimate of drug-likeness (QED) is 0.205. The average molecular weight is 554 g/mol. The van der Waals surface area contributed by atoms with Crippen molar-refractivity contribution in [1.29, 1.82) is 0 Å². The first-order valence-electron chi connectivity index (χ1n) is 14.3. The Morgan fingerprint density at radius 1 is 0.381 bits per heavy atom. The fourth-order valence-corrected chi connectivity index (χ4v) is 7.34. The molecule has 0 spiro atoms. The smallest absolute Gasteiger partial charge is 0.0467 e. The fourth-order valence-electron chi connectivity index (χ4n) is 6.10. The Morgan fingerprint density at radius 3 is 1.74 bits per heavy atom. The van der Waals surface area contributed by atoms with Gasteiger partial charge in [-0.25, -0.2) is 0 Å². The molecule has 0 bridgehead atoms. The van der Waals surface area contributed by atoms with Crippen LogP contribution in [-0.4, -0.2) is 0 Å². The number of rotatable bonds is 5. The molecule has 0 unspecified atom stereocenters.